The average molecular weight is 269 g/mol. The summed E-state index contributed by atoms with van der Waals surface area (Å²) < 4.78 is 11.0. The van der Waals surface area contributed by atoms with Gasteiger partial charge in [0.15, 0.2) is 0 Å². The maximum absolute atomic E-state index is 11.7. The number of nitrogens with one attached hydrogen (secondary N) is 2. The number of carbonyl (C=O) groups excluding carboxylic acids is 1. The highest BCUT2D eigenvalue weighted by Gasteiger charge is 2.07. The third-order valence-electron chi connectivity index (χ3n) is 2.36. The third kappa shape index (κ3) is 4.37. The van der Waals surface area contributed by atoms with Gasteiger partial charge in [0.05, 0.1) is 11.4 Å². The Hall–Kier alpha value is -1.56. The molecular formula is C12H19N3O2S. The Bertz CT molecular complexity index is 449. The Kier molecular flexibility index (Phi) is 5.64. The monoisotopic (exact) mass is 269 g/mol. The smallest absolute Gasteiger partial charge is 0.251 e. The first-order valence-corrected chi connectivity index (χ1v) is 7.49. The molecule has 1 atom stereocenters. The molecule has 0 spiro atoms. The van der Waals surface area contributed by atoms with Crippen LogP contribution in [-0.4, -0.2) is 35.2 Å². The van der Waals surface area contributed by atoms with Gasteiger partial charge >= 0.3 is 0 Å². The lowest BCUT2D eigenvalue weighted by Crippen LogP contribution is -2.23. The molecule has 18 heavy (non-hydrogen) atoms. The molecule has 1 aromatic rings. The quantitative estimate of drug-likeness (QED) is 0.667. The van der Waals surface area contributed by atoms with E-state index < -0.39 is 10.8 Å². The van der Waals surface area contributed by atoms with Crippen LogP contribution < -0.4 is 16.4 Å². The van der Waals surface area contributed by atoms with E-state index in [-0.39, 0.29) is 5.91 Å². The summed E-state index contributed by atoms with van der Waals surface area (Å²) in [6.45, 7) is 3.01. The van der Waals surface area contributed by atoms with Gasteiger partial charge in [0.2, 0.25) is 0 Å². The fourth-order valence-corrected chi connectivity index (χ4v) is 1.83. The predicted octanol–water partition coefficient (Wildman–Crippen LogP) is 0.809. The number of hydrogen-bond donors (Lipinski definition) is 3. The van der Waals surface area contributed by atoms with Crippen molar-refractivity contribution in [3.8, 4) is 0 Å². The highest BCUT2D eigenvalue weighted by molar-refractivity contribution is 7.84. The van der Waals surface area contributed by atoms with Crippen molar-refractivity contribution in [3.05, 3.63) is 23.8 Å². The first-order chi connectivity index (χ1) is 8.54. The second kappa shape index (κ2) is 7.00. The average Bonchev–Trinajstić information content (AvgIpc) is 2.31. The van der Waals surface area contributed by atoms with Crippen molar-refractivity contribution in [1.82, 2.24) is 5.32 Å². The Balaban J connectivity index is 2.74. The van der Waals surface area contributed by atoms with Gasteiger partial charge in [-0.25, -0.2) is 0 Å². The number of nitrogens with two attached hydrogens (primary N) is 1. The molecule has 0 heterocycles. The van der Waals surface area contributed by atoms with Crippen molar-refractivity contribution in [2.45, 2.75) is 6.92 Å². The molecule has 1 aromatic carbocycles. The van der Waals surface area contributed by atoms with E-state index in [0.717, 1.165) is 0 Å². The van der Waals surface area contributed by atoms with Crippen LogP contribution in [0.2, 0.25) is 0 Å². The van der Waals surface area contributed by atoms with Crippen molar-refractivity contribution in [2.24, 2.45) is 0 Å². The van der Waals surface area contributed by atoms with Crippen LogP contribution >= 0.6 is 0 Å². The molecule has 1 unspecified atom stereocenters. The van der Waals surface area contributed by atoms with Crippen LogP contribution in [0, 0.1) is 0 Å². The van der Waals surface area contributed by atoms with E-state index in [1.165, 1.54) is 0 Å². The van der Waals surface area contributed by atoms with E-state index in [1.54, 1.807) is 24.5 Å². The molecule has 0 saturated carbocycles. The normalized spacial score (nSPS) is 11.9. The summed E-state index contributed by atoms with van der Waals surface area (Å²) in [6, 6.07) is 5.08. The number of amides is 1. The number of anilines is 2. The van der Waals surface area contributed by atoms with E-state index in [0.29, 0.717) is 35.8 Å². The maximum atomic E-state index is 11.7. The van der Waals surface area contributed by atoms with Gasteiger partial charge in [-0.1, -0.05) is 0 Å². The summed E-state index contributed by atoms with van der Waals surface area (Å²) in [6.07, 6.45) is 1.65. The molecule has 0 bridgehead atoms. The fourth-order valence-electron chi connectivity index (χ4n) is 1.44. The molecule has 0 fully saturated rings. The Morgan fingerprint density at radius 2 is 2.17 bits per heavy atom. The van der Waals surface area contributed by atoms with E-state index in [4.69, 9.17) is 5.73 Å². The summed E-state index contributed by atoms with van der Waals surface area (Å²) in [5, 5.41) is 5.81. The number of carbonyl (C=O) groups is 1. The number of benzene rings is 1. The second-order valence-electron chi connectivity index (χ2n) is 3.87. The minimum atomic E-state index is -0.846. The Labute approximate surface area is 110 Å². The lowest BCUT2D eigenvalue weighted by atomic mass is 10.1. The van der Waals surface area contributed by atoms with Crippen LogP contribution in [0.5, 0.6) is 0 Å². The molecule has 100 valence electrons. The van der Waals surface area contributed by atoms with Crippen LogP contribution in [0.3, 0.4) is 0 Å². The van der Waals surface area contributed by atoms with Gasteiger partial charge in [-0.05, 0) is 25.1 Å². The Morgan fingerprint density at radius 3 is 2.78 bits per heavy atom. The fraction of sp³-hybridized carbons (Fsp3) is 0.417. The van der Waals surface area contributed by atoms with Crippen molar-refractivity contribution in [2.75, 3.05) is 36.1 Å². The molecule has 6 heteroatoms. The minimum Gasteiger partial charge on any atom is -0.397 e. The first kappa shape index (κ1) is 14.5. The SMILES string of the molecule is CCNC(=O)c1ccc(N)c(NCCS(C)=O)c1. The van der Waals surface area contributed by atoms with Crippen molar-refractivity contribution < 1.29 is 9.00 Å². The van der Waals surface area contributed by atoms with Gasteiger partial charge in [-0.3, -0.25) is 9.00 Å². The molecule has 0 aliphatic heterocycles. The molecular weight excluding hydrogens is 250 g/mol. The predicted molar refractivity (Wildman–Crippen MR) is 76.3 cm³/mol. The number of hydrogen-bond acceptors (Lipinski definition) is 4. The zero-order valence-electron chi connectivity index (χ0n) is 10.7. The van der Waals surface area contributed by atoms with Gasteiger partial charge in [0.1, 0.15) is 0 Å². The van der Waals surface area contributed by atoms with Crippen LogP contribution in [0.25, 0.3) is 0 Å². The van der Waals surface area contributed by atoms with Gasteiger partial charge in [0, 0.05) is 41.5 Å². The van der Waals surface area contributed by atoms with Crippen LogP contribution in [0.1, 0.15) is 17.3 Å². The van der Waals surface area contributed by atoms with Crippen molar-refractivity contribution in [1.29, 1.82) is 0 Å². The van der Waals surface area contributed by atoms with E-state index in [2.05, 4.69) is 10.6 Å². The second-order valence-corrected chi connectivity index (χ2v) is 5.42. The van der Waals surface area contributed by atoms with E-state index in [9.17, 15) is 9.00 Å². The van der Waals surface area contributed by atoms with Crippen LogP contribution in [0.15, 0.2) is 18.2 Å². The molecule has 5 nitrogen and oxygen atoms in total. The lowest BCUT2D eigenvalue weighted by Gasteiger charge is -2.10. The van der Waals surface area contributed by atoms with Gasteiger partial charge in [-0.2, -0.15) is 0 Å². The number of nitrogen functional groups attached to an aromatic ring is 1. The van der Waals surface area contributed by atoms with Gasteiger partial charge in [-0.15, -0.1) is 0 Å². The van der Waals surface area contributed by atoms with Crippen molar-refractivity contribution >= 4 is 28.1 Å². The van der Waals surface area contributed by atoms with Crippen LogP contribution in [-0.2, 0) is 10.8 Å². The van der Waals surface area contributed by atoms with Crippen molar-refractivity contribution in [3.63, 3.8) is 0 Å². The van der Waals surface area contributed by atoms with Gasteiger partial charge in [0.25, 0.3) is 5.91 Å². The molecule has 1 rings (SSSR count). The summed E-state index contributed by atoms with van der Waals surface area (Å²) in [7, 11) is -0.846. The zero-order chi connectivity index (χ0) is 13.5. The zero-order valence-corrected chi connectivity index (χ0v) is 11.5. The summed E-state index contributed by atoms with van der Waals surface area (Å²) in [4.78, 5) is 11.7. The largest absolute Gasteiger partial charge is 0.397 e. The summed E-state index contributed by atoms with van der Waals surface area (Å²) >= 11 is 0. The first-order valence-electron chi connectivity index (χ1n) is 5.76. The maximum Gasteiger partial charge on any atom is 0.251 e. The third-order valence-corrected chi connectivity index (χ3v) is 3.14. The van der Waals surface area contributed by atoms with Gasteiger partial charge < -0.3 is 16.4 Å². The lowest BCUT2D eigenvalue weighted by molar-refractivity contribution is 0.0956. The van der Waals surface area contributed by atoms with Crippen LogP contribution in [0.4, 0.5) is 11.4 Å². The molecule has 4 N–H and O–H groups in total. The molecule has 1 amide bonds. The van der Waals surface area contributed by atoms with E-state index >= 15 is 0 Å². The highest BCUT2D eigenvalue weighted by atomic mass is 32.2. The minimum absolute atomic E-state index is 0.125. The molecule has 0 aliphatic rings. The molecule has 0 saturated heterocycles. The molecule has 0 aromatic heterocycles. The molecule has 0 radical (unpaired) electrons. The topological polar surface area (TPSA) is 84.2 Å². The summed E-state index contributed by atoms with van der Waals surface area (Å²) in [5.74, 6) is 0.421. The highest BCUT2D eigenvalue weighted by Crippen LogP contribution is 2.19. The number of rotatable bonds is 6. The van der Waals surface area contributed by atoms with E-state index in [1.807, 2.05) is 6.92 Å². The Morgan fingerprint density at radius 1 is 1.44 bits per heavy atom. The summed E-state index contributed by atoms with van der Waals surface area (Å²) in [5.41, 5.74) is 7.64. The molecule has 0 aliphatic carbocycles. The standard InChI is InChI=1S/C12H19N3O2S/c1-3-14-12(16)9-4-5-10(13)11(8-9)15-6-7-18(2)17/h4-5,8,15H,3,6-7,13H2,1-2H3,(H,14,16).